The van der Waals surface area contributed by atoms with Crippen molar-refractivity contribution >= 4 is 23.8 Å². The van der Waals surface area contributed by atoms with Crippen LogP contribution in [-0.2, 0) is 52.3 Å². The normalized spacial score (nSPS) is 42.9. The van der Waals surface area contributed by atoms with Crippen molar-refractivity contribution < 1.29 is 134 Å². The van der Waals surface area contributed by atoms with Crippen LogP contribution in [0.3, 0.4) is 0 Å². The zero-order valence-electron chi connectivity index (χ0n) is 33.4. The predicted octanol–water partition coefficient (Wildman–Crippen LogP) is -11.0. The molecule has 2 amide bonds. The minimum absolute atomic E-state index is 0.819. The average molecular weight is 925 g/mol. The van der Waals surface area contributed by atoms with Gasteiger partial charge in [0.1, 0.15) is 85.5 Å². The summed E-state index contributed by atoms with van der Waals surface area (Å²) in [6.45, 7) is -2.63. The van der Waals surface area contributed by atoms with Crippen LogP contribution in [0.25, 0.3) is 0 Å². The lowest BCUT2D eigenvalue weighted by Gasteiger charge is -2.51. The number of rotatable bonds is 18. The maximum absolute atomic E-state index is 13.0. The van der Waals surface area contributed by atoms with E-state index in [1.54, 1.807) is 0 Å². The first-order valence-corrected chi connectivity index (χ1v) is 19.3. The largest absolute Gasteiger partial charge is 0.477 e. The summed E-state index contributed by atoms with van der Waals surface area (Å²) in [5.41, 5.74) is 0. The summed E-state index contributed by atoms with van der Waals surface area (Å²) in [6.07, 6.45) is -40.9. The number of aliphatic hydroxyl groups is 14. The van der Waals surface area contributed by atoms with E-state index in [-0.39, 0.29) is 0 Å². The summed E-state index contributed by atoms with van der Waals surface area (Å²) in [4.78, 5) is 49.8. The Labute approximate surface area is 355 Å². The zero-order chi connectivity index (χ0) is 47.5. The van der Waals surface area contributed by atoms with Gasteiger partial charge in [-0.3, -0.25) is 9.59 Å². The van der Waals surface area contributed by atoms with Gasteiger partial charge in [-0.2, -0.15) is 0 Å². The molecule has 4 fully saturated rings. The number of aliphatic carboxylic acids is 2. The second-order valence-electron chi connectivity index (χ2n) is 15.5. The van der Waals surface area contributed by atoms with E-state index in [9.17, 15) is 101 Å². The lowest BCUT2D eigenvalue weighted by atomic mass is 9.88. The van der Waals surface area contributed by atoms with Crippen LogP contribution in [-0.4, -0.2) is 266 Å². The second kappa shape index (κ2) is 21.6. The summed E-state index contributed by atoms with van der Waals surface area (Å²) in [5.74, 6) is -12.2. The van der Waals surface area contributed by atoms with Gasteiger partial charge in [-0.05, 0) is 0 Å². The Morgan fingerprint density at radius 3 is 1.57 bits per heavy atom. The summed E-state index contributed by atoms with van der Waals surface area (Å²) in [5, 5.41) is 173. The van der Waals surface area contributed by atoms with Crippen molar-refractivity contribution in [1.82, 2.24) is 10.6 Å². The molecule has 63 heavy (non-hydrogen) atoms. The van der Waals surface area contributed by atoms with Crippen molar-refractivity contribution in [2.24, 2.45) is 0 Å². The van der Waals surface area contributed by atoms with E-state index >= 15 is 0 Å². The molecular weight excluding hydrogens is 868 g/mol. The van der Waals surface area contributed by atoms with Crippen LogP contribution in [0.2, 0.25) is 0 Å². The molecule has 0 aromatic carbocycles. The minimum Gasteiger partial charge on any atom is -0.477 e. The number of carboxylic acids is 2. The third kappa shape index (κ3) is 11.4. The molecule has 4 rings (SSSR count). The van der Waals surface area contributed by atoms with Gasteiger partial charge in [0.05, 0.1) is 50.7 Å². The Morgan fingerprint density at radius 1 is 0.651 bits per heavy atom. The molecule has 4 aliphatic rings. The molecule has 22 atom stereocenters. The summed E-state index contributed by atoms with van der Waals surface area (Å²) in [6, 6.07) is -3.34. The molecule has 4 aliphatic heterocycles. The number of carbonyl (C=O) groups excluding carboxylic acids is 2. The van der Waals surface area contributed by atoms with E-state index in [2.05, 4.69) is 10.6 Å². The van der Waals surface area contributed by atoms with Crippen LogP contribution in [0.1, 0.15) is 26.7 Å². The molecule has 18 N–H and O–H groups in total. The van der Waals surface area contributed by atoms with Gasteiger partial charge in [0.15, 0.2) is 12.6 Å². The van der Waals surface area contributed by atoms with Crippen LogP contribution < -0.4 is 10.6 Å². The van der Waals surface area contributed by atoms with Crippen molar-refractivity contribution in [2.45, 2.75) is 161 Å². The molecule has 4 heterocycles. The summed E-state index contributed by atoms with van der Waals surface area (Å²) >= 11 is 0. The fourth-order valence-electron chi connectivity index (χ4n) is 7.64. The molecule has 4 saturated heterocycles. The molecule has 0 aromatic heterocycles. The highest BCUT2D eigenvalue weighted by molar-refractivity contribution is 5.77. The number of aliphatic hydroxyl groups excluding tert-OH is 14. The van der Waals surface area contributed by atoms with E-state index < -0.39 is 197 Å². The first-order valence-electron chi connectivity index (χ1n) is 19.3. The van der Waals surface area contributed by atoms with Gasteiger partial charge in [0.25, 0.3) is 11.6 Å². The van der Waals surface area contributed by atoms with Crippen molar-refractivity contribution in [3.63, 3.8) is 0 Å². The van der Waals surface area contributed by atoms with Crippen molar-refractivity contribution in [1.29, 1.82) is 0 Å². The van der Waals surface area contributed by atoms with E-state index in [1.165, 1.54) is 0 Å². The molecule has 1 unspecified atom stereocenters. The maximum Gasteiger partial charge on any atom is 0.364 e. The van der Waals surface area contributed by atoms with Gasteiger partial charge in [-0.15, -0.1) is 0 Å². The van der Waals surface area contributed by atoms with E-state index in [0.717, 1.165) is 13.8 Å². The van der Waals surface area contributed by atoms with E-state index in [1.807, 2.05) is 0 Å². The van der Waals surface area contributed by atoms with E-state index in [4.69, 9.17) is 33.2 Å². The van der Waals surface area contributed by atoms with Crippen LogP contribution in [0.15, 0.2) is 0 Å². The fourth-order valence-corrected chi connectivity index (χ4v) is 7.64. The molecule has 29 nitrogen and oxygen atoms in total. The SMILES string of the molecule is CC(=O)N[C@H]1[C@H]([C@H](O)[C@H](O)CO)O[C@@](OC[C@H]2O[C@@H](O[C@H]3[C@H](O)[C@@H](O)C(O)O[C@@H]3CO)[C@H](O)[C@@H](O[C@]3(C(=O)O)C[C@H](O)[C@@H](NC(C)=O)[C@H]([C@H](O)[C@H](O)CO)O3)[C@H]2O)(C(=O)O)C[C@@H]1O. The molecule has 0 bridgehead atoms. The number of ether oxygens (including phenoxy) is 7. The Hall–Kier alpha value is -2.96. The van der Waals surface area contributed by atoms with Crippen molar-refractivity contribution in [3.8, 4) is 0 Å². The minimum atomic E-state index is -3.29. The van der Waals surface area contributed by atoms with Gasteiger partial charge in [0, 0.05) is 26.7 Å². The first-order chi connectivity index (χ1) is 29.4. The molecule has 364 valence electrons. The van der Waals surface area contributed by atoms with Crippen LogP contribution in [0.4, 0.5) is 0 Å². The Morgan fingerprint density at radius 2 is 1.13 bits per heavy atom. The number of carbonyl (C=O) groups is 4. The maximum atomic E-state index is 13.0. The van der Waals surface area contributed by atoms with Gasteiger partial charge in [0.2, 0.25) is 11.8 Å². The standard InChI is InChI=1S/C34H56N2O27/c1-9(40)35-17-11(42)3-33(31(53)54,61-26(17)19(46)13(44)5-37)57-8-16-21(48)28(24(51)30(59-16)60-25-15(7-39)58-29(52)23(50)22(25)49)63-34(32(55)56)4-12(43)18(36-10(2)41)27(62-34)20(47)14(45)6-38/h11-30,37-39,42-52H,3-8H2,1-2H3,(H,35,40)(H,36,41)(H,53,54)(H,55,56)/t11-,12-,13+,14+,15+,16+,17+,18+,19+,20+,21-,22+,23+,24+,25+,26+,27+,28-,29?,30-,33+,34-/m0/s1. The molecule has 0 aromatic rings. The molecular formula is C34H56N2O27. The molecule has 0 aliphatic carbocycles. The van der Waals surface area contributed by atoms with Crippen LogP contribution in [0.5, 0.6) is 0 Å². The Kier molecular flexibility index (Phi) is 18.0. The predicted molar refractivity (Wildman–Crippen MR) is 191 cm³/mol. The fraction of sp³-hybridized carbons (Fsp3) is 0.882. The highest BCUT2D eigenvalue weighted by Gasteiger charge is 2.61. The van der Waals surface area contributed by atoms with Crippen LogP contribution >= 0.6 is 0 Å². The van der Waals surface area contributed by atoms with Crippen LogP contribution in [0, 0.1) is 0 Å². The number of carboxylic acid groups (broad SMARTS) is 2. The van der Waals surface area contributed by atoms with Crippen molar-refractivity contribution in [2.75, 3.05) is 26.4 Å². The topological polar surface area (TPSA) is 481 Å². The van der Waals surface area contributed by atoms with E-state index in [0.29, 0.717) is 0 Å². The number of hydrogen-bond donors (Lipinski definition) is 18. The van der Waals surface area contributed by atoms with Gasteiger partial charge < -0.3 is 125 Å². The highest BCUT2D eigenvalue weighted by Crippen LogP contribution is 2.40. The highest BCUT2D eigenvalue weighted by atomic mass is 16.8. The number of hydrogen-bond acceptors (Lipinski definition) is 25. The van der Waals surface area contributed by atoms with Gasteiger partial charge in [-0.25, -0.2) is 9.59 Å². The van der Waals surface area contributed by atoms with Gasteiger partial charge in [-0.1, -0.05) is 0 Å². The third-order valence-corrected chi connectivity index (χ3v) is 11.0. The number of amides is 2. The zero-order valence-corrected chi connectivity index (χ0v) is 33.4. The summed E-state index contributed by atoms with van der Waals surface area (Å²) < 4.78 is 38.8. The van der Waals surface area contributed by atoms with Crippen molar-refractivity contribution in [3.05, 3.63) is 0 Å². The van der Waals surface area contributed by atoms with Gasteiger partial charge >= 0.3 is 11.9 Å². The lowest BCUT2D eigenvalue weighted by Crippen LogP contribution is -2.71. The first kappa shape index (κ1) is 52.7. The summed E-state index contributed by atoms with van der Waals surface area (Å²) in [7, 11) is 0. The monoisotopic (exact) mass is 924 g/mol. The second-order valence-corrected chi connectivity index (χ2v) is 15.5. The molecule has 0 radical (unpaired) electrons. The quantitative estimate of drug-likeness (QED) is 0.0607. The number of nitrogens with one attached hydrogen (secondary N) is 2. The molecule has 29 heteroatoms. The lowest BCUT2D eigenvalue weighted by molar-refractivity contribution is -0.390. The molecule has 0 saturated carbocycles. The Bertz CT molecular complexity index is 1560. The molecule has 0 spiro atoms. The third-order valence-electron chi connectivity index (χ3n) is 11.0. The Balaban J connectivity index is 1.77. The average Bonchev–Trinajstić information content (AvgIpc) is 3.22. The smallest absolute Gasteiger partial charge is 0.364 e.